The van der Waals surface area contributed by atoms with Crippen LogP contribution in [0.1, 0.15) is 34.5 Å². The van der Waals surface area contributed by atoms with E-state index in [9.17, 15) is 13.2 Å². The molecule has 0 aliphatic carbocycles. The Labute approximate surface area is 170 Å². The Bertz CT molecular complexity index is 1040. The molecule has 2 N–H and O–H groups in total. The molecule has 29 heavy (non-hydrogen) atoms. The SMILES string of the molecule is C[C@H](NC(=O)c1ccc(CCNS(C)(=O)=O)cc1)c1ccc(-n2ccnc2)cc1. The van der Waals surface area contributed by atoms with Crippen molar-refractivity contribution in [2.24, 2.45) is 0 Å². The molecule has 8 heteroatoms. The normalized spacial score (nSPS) is 12.5. The molecule has 3 rings (SSSR count). The number of carbonyl (C=O) groups is 1. The highest BCUT2D eigenvalue weighted by atomic mass is 32.2. The third kappa shape index (κ3) is 6.00. The van der Waals surface area contributed by atoms with Crippen molar-refractivity contribution in [2.45, 2.75) is 19.4 Å². The molecule has 1 heterocycles. The van der Waals surface area contributed by atoms with E-state index >= 15 is 0 Å². The molecule has 1 atom stereocenters. The van der Waals surface area contributed by atoms with E-state index in [1.165, 1.54) is 0 Å². The van der Waals surface area contributed by atoms with Crippen LogP contribution in [-0.4, -0.2) is 36.7 Å². The van der Waals surface area contributed by atoms with Crippen molar-refractivity contribution in [3.05, 3.63) is 83.9 Å². The molecule has 7 nitrogen and oxygen atoms in total. The van der Waals surface area contributed by atoms with Crippen LogP contribution in [0.5, 0.6) is 0 Å². The molecule has 0 unspecified atom stereocenters. The summed E-state index contributed by atoms with van der Waals surface area (Å²) < 4.78 is 26.6. The average molecular weight is 413 g/mol. The van der Waals surface area contributed by atoms with E-state index in [0.717, 1.165) is 23.1 Å². The van der Waals surface area contributed by atoms with Gasteiger partial charge in [-0.3, -0.25) is 4.79 Å². The van der Waals surface area contributed by atoms with Crippen LogP contribution in [0, 0.1) is 0 Å². The summed E-state index contributed by atoms with van der Waals surface area (Å²) in [6.45, 7) is 2.27. The number of aromatic nitrogens is 2. The molecular weight excluding hydrogens is 388 g/mol. The molecule has 1 aromatic heterocycles. The lowest BCUT2D eigenvalue weighted by atomic mass is 10.1. The second-order valence-electron chi connectivity index (χ2n) is 6.87. The van der Waals surface area contributed by atoms with Crippen molar-refractivity contribution in [3.8, 4) is 5.69 Å². The topological polar surface area (TPSA) is 93.1 Å². The Morgan fingerprint density at radius 2 is 1.79 bits per heavy atom. The molecule has 2 aromatic carbocycles. The van der Waals surface area contributed by atoms with Crippen molar-refractivity contribution in [1.29, 1.82) is 0 Å². The van der Waals surface area contributed by atoms with Crippen LogP contribution < -0.4 is 10.0 Å². The molecule has 0 saturated carbocycles. The number of amides is 1. The van der Waals surface area contributed by atoms with Crippen LogP contribution in [0.25, 0.3) is 5.69 Å². The van der Waals surface area contributed by atoms with E-state index < -0.39 is 10.0 Å². The zero-order valence-electron chi connectivity index (χ0n) is 16.4. The van der Waals surface area contributed by atoms with Gasteiger partial charge in [0.15, 0.2) is 0 Å². The maximum atomic E-state index is 12.5. The van der Waals surface area contributed by atoms with Gasteiger partial charge in [0, 0.05) is 30.2 Å². The van der Waals surface area contributed by atoms with E-state index in [0.29, 0.717) is 18.5 Å². The number of carbonyl (C=O) groups excluding carboxylic acids is 1. The predicted octanol–water partition coefficient (Wildman–Crippen LogP) is 2.46. The summed E-state index contributed by atoms with van der Waals surface area (Å²) in [6, 6.07) is 15.0. The lowest BCUT2D eigenvalue weighted by Gasteiger charge is -2.15. The molecule has 0 aliphatic heterocycles. The van der Waals surface area contributed by atoms with Crippen molar-refractivity contribution in [3.63, 3.8) is 0 Å². The quantitative estimate of drug-likeness (QED) is 0.594. The lowest BCUT2D eigenvalue weighted by Crippen LogP contribution is -2.26. The third-order valence-corrected chi connectivity index (χ3v) is 5.27. The highest BCUT2D eigenvalue weighted by Gasteiger charge is 2.12. The summed E-state index contributed by atoms with van der Waals surface area (Å²) in [4.78, 5) is 16.6. The summed E-state index contributed by atoms with van der Waals surface area (Å²) in [5.41, 5.74) is 3.53. The van der Waals surface area contributed by atoms with E-state index in [1.807, 2.05) is 54.1 Å². The Balaban J connectivity index is 1.56. The molecule has 0 radical (unpaired) electrons. The number of imidazole rings is 1. The molecule has 1 amide bonds. The number of sulfonamides is 1. The van der Waals surface area contributed by atoms with Gasteiger partial charge < -0.3 is 9.88 Å². The molecule has 3 aromatic rings. The number of rotatable bonds is 8. The van der Waals surface area contributed by atoms with Gasteiger partial charge in [0.1, 0.15) is 0 Å². The van der Waals surface area contributed by atoms with E-state index in [2.05, 4.69) is 15.0 Å². The fraction of sp³-hybridized carbons (Fsp3) is 0.238. The summed E-state index contributed by atoms with van der Waals surface area (Å²) in [5, 5.41) is 3.00. The first-order valence-corrected chi connectivity index (χ1v) is 11.1. The number of benzene rings is 2. The zero-order valence-corrected chi connectivity index (χ0v) is 17.2. The van der Waals surface area contributed by atoms with Gasteiger partial charge in [-0.2, -0.15) is 0 Å². The highest BCUT2D eigenvalue weighted by Crippen LogP contribution is 2.16. The van der Waals surface area contributed by atoms with Gasteiger partial charge in [0.2, 0.25) is 10.0 Å². The van der Waals surface area contributed by atoms with Crippen LogP contribution >= 0.6 is 0 Å². The Morgan fingerprint density at radius 1 is 1.10 bits per heavy atom. The van der Waals surface area contributed by atoms with Crippen molar-refractivity contribution >= 4 is 15.9 Å². The Kier molecular flexibility index (Phi) is 6.46. The molecule has 0 fully saturated rings. The summed E-state index contributed by atoms with van der Waals surface area (Å²) >= 11 is 0. The molecule has 0 saturated heterocycles. The van der Waals surface area contributed by atoms with Gasteiger partial charge in [0.25, 0.3) is 5.91 Å². The average Bonchev–Trinajstić information content (AvgIpc) is 3.22. The minimum atomic E-state index is -3.19. The third-order valence-electron chi connectivity index (χ3n) is 4.54. The zero-order chi connectivity index (χ0) is 20.9. The Hall–Kier alpha value is -2.97. The van der Waals surface area contributed by atoms with E-state index in [1.54, 1.807) is 24.7 Å². The van der Waals surface area contributed by atoms with Crippen LogP contribution in [0.2, 0.25) is 0 Å². The first kappa shape index (κ1) is 20.8. The monoisotopic (exact) mass is 412 g/mol. The van der Waals surface area contributed by atoms with E-state index in [4.69, 9.17) is 0 Å². The summed E-state index contributed by atoms with van der Waals surface area (Å²) in [6.07, 6.45) is 7.04. The van der Waals surface area contributed by atoms with Gasteiger partial charge in [0.05, 0.1) is 18.6 Å². The van der Waals surface area contributed by atoms with Gasteiger partial charge in [-0.15, -0.1) is 0 Å². The van der Waals surface area contributed by atoms with Crippen LogP contribution in [0.3, 0.4) is 0 Å². The highest BCUT2D eigenvalue weighted by molar-refractivity contribution is 7.88. The van der Waals surface area contributed by atoms with E-state index in [-0.39, 0.29) is 11.9 Å². The maximum Gasteiger partial charge on any atom is 0.251 e. The fourth-order valence-electron chi connectivity index (χ4n) is 2.91. The van der Waals surface area contributed by atoms with Gasteiger partial charge in [-0.1, -0.05) is 24.3 Å². The minimum absolute atomic E-state index is 0.141. The van der Waals surface area contributed by atoms with Crippen molar-refractivity contribution in [2.75, 3.05) is 12.8 Å². The Morgan fingerprint density at radius 3 is 2.38 bits per heavy atom. The van der Waals surface area contributed by atoms with Gasteiger partial charge >= 0.3 is 0 Å². The standard InChI is InChI=1S/C21H24N4O3S/c1-16(18-7-9-20(10-8-18)25-14-13-22-15-25)24-21(26)19-5-3-17(4-6-19)11-12-23-29(2,27)28/h3-10,13-16,23H,11-12H2,1-2H3,(H,24,26)/t16-/m0/s1. The van der Waals surface area contributed by atoms with Crippen molar-refractivity contribution in [1.82, 2.24) is 19.6 Å². The first-order chi connectivity index (χ1) is 13.8. The molecule has 0 aliphatic rings. The molecule has 0 spiro atoms. The smallest absolute Gasteiger partial charge is 0.251 e. The summed E-state index contributed by atoms with van der Waals surface area (Å²) in [7, 11) is -3.19. The first-order valence-electron chi connectivity index (χ1n) is 9.24. The van der Waals surface area contributed by atoms with Crippen molar-refractivity contribution < 1.29 is 13.2 Å². The van der Waals surface area contributed by atoms with Crippen LogP contribution in [0.15, 0.2) is 67.3 Å². The second-order valence-corrected chi connectivity index (χ2v) is 8.70. The van der Waals surface area contributed by atoms with Crippen LogP contribution in [-0.2, 0) is 16.4 Å². The maximum absolute atomic E-state index is 12.5. The predicted molar refractivity (Wildman–Crippen MR) is 112 cm³/mol. The molecule has 152 valence electrons. The lowest BCUT2D eigenvalue weighted by molar-refractivity contribution is 0.0940. The number of hydrogen-bond acceptors (Lipinski definition) is 4. The number of nitrogens with zero attached hydrogens (tertiary/aromatic N) is 2. The van der Waals surface area contributed by atoms with Crippen LogP contribution in [0.4, 0.5) is 0 Å². The molecular formula is C21H24N4O3S. The minimum Gasteiger partial charge on any atom is -0.346 e. The molecule has 0 bridgehead atoms. The number of hydrogen-bond donors (Lipinski definition) is 2. The van der Waals surface area contributed by atoms with Gasteiger partial charge in [-0.05, 0) is 48.7 Å². The number of nitrogens with one attached hydrogen (secondary N) is 2. The second kappa shape index (κ2) is 9.02. The summed E-state index contributed by atoms with van der Waals surface area (Å²) in [5.74, 6) is -0.156. The largest absolute Gasteiger partial charge is 0.346 e. The van der Waals surface area contributed by atoms with Gasteiger partial charge in [-0.25, -0.2) is 18.1 Å². The fourth-order valence-corrected chi connectivity index (χ4v) is 3.39.